The second kappa shape index (κ2) is 13.1. The zero-order chi connectivity index (χ0) is 27.8. The van der Waals surface area contributed by atoms with Crippen molar-refractivity contribution in [3.8, 4) is 11.3 Å². The van der Waals surface area contributed by atoms with E-state index in [1.54, 1.807) is 13.1 Å². The monoisotopic (exact) mass is 526 g/mol. The van der Waals surface area contributed by atoms with Crippen LogP contribution in [0.5, 0.6) is 0 Å². The van der Waals surface area contributed by atoms with Crippen LogP contribution in [0, 0.1) is 11.3 Å². The smallest absolute Gasteiger partial charge is 0.329 e. The Hall–Kier alpha value is -3.16. The Labute approximate surface area is 225 Å². The second-order valence-electron chi connectivity index (χ2n) is 11.2. The normalized spacial score (nSPS) is 16.4. The summed E-state index contributed by atoms with van der Waals surface area (Å²) in [4.78, 5) is 44.1. The van der Waals surface area contributed by atoms with Gasteiger partial charge in [0, 0.05) is 5.56 Å². The number of ether oxygens (including phenoxy) is 2. The number of oxazole rings is 1. The van der Waals surface area contributed by atoms with Gasteiger partial charge in [0.15, 0.2) is 11.7 Å². The van der Waals surface area contributed by atoms with Crippen LogP contribution in [-0.2, 0) is 30.3 Å². The second-order valence-corrected chi connectivity index (χ2v) is 11.2. The van der Waals surface area contributed by atoms with Gasteiger partial charge in [-0.1, -0.05) is 56.5 Å². The third-order valence-electron chi connectivity index (χ3n) is 6.92. The van der Waals surface area contributed by atoms with Gasteiger partial charge in [0.25, 0.3) is 0 Å². The van der Waals surface area contributed by atoms with Gasteiger partial charge in [-0.15, -0.1) is 0 Å². The Morgan fingerprint density at radius 3 is 2.37 bits per heavy atom. The van der Waals surface area contributed by atoms with Crippen LogP contribution in [0.4, 0.5) is 0 Å². The van der Waals surface area contributed by atoms with Crippen molar-refractivity contribution < 1.29 is 28.3 Å². The van der Waals surface area contributed by atoms with Crippen molar-refractivity contribution in [2.24, 2.45) is 11.3 Å². The van der Waals surface area contributed by atoms with Gasteiger partial charge in [-0.3, -0.25) is 9.59 Å². The number of amides is 1. The lowest BCUT2D eigenvalue weighted by Gasteiger charge is -2.33. The first-order valence-corrected chi connectivity index (χ1v) is 13.8. The van der Waals surface area contributed by atoms with Gasteiger partial charge in [0.2, 0.25) is 5.91 Å². The average molecular weight is 527 g/mol. The summed E-state index contributed by atoms with van der Waals surface area (Å²) in [5.41, 5.74) is -0.470. The first-order chi connectivity index (χ1) is 18.1. The fraction of sp³-hybridized carbons (Fsp3) is 0.600. The van der Waals surface area contributed by atoms with E-state index in [0.717, 1.165) is 24.8 Å². The summed E-state index contributed by atoms with van der Waals surface area (Å²) in [6.07, 6.45) is 6.64. The molecule has 1 aliphatic rings. The maximum absolute atomic E-state index is 13.8. The molecule has 8 heteroatoms. The summed E-state index contributed by atoms with van der Waals surface area (Å²) in [7, 11) is 0. The summed E-state index contributed by atoms with van der Waals surface area (Å²) in [6.45, 7) is 9.49. The summed E-state index contributed by atoms with van der Waals surface area (Å²) in [5.74, 6) is -0.502. The minimum absolute atomic E-state index is 0.0674. The lowest BCUT2D eigenvalue weighted by atomic mass is 9.75. The van der Waals surface area contributed by atoms with Crippen LogP contribution >= 0.6 is 0 Å². The molecule has 0 aliphatic heterocycles. The average Bonchev–Trinajstić information content (AvgIpc) is 3.53. The number of benzene rings is 1. The molecule has 0 bridgehead atoms. The number of carbonyl (C=O) groups is 3. The SMILES string of the molecule is CCC[C@H](CC1(C(=O)NC(Cc2ncc(-c3ccccc3)o2)C(=O)OCC)CCCC1)C(=O)OC(C)(C)C. The topological polar surface area (TPSA) is 108 Å². The first kappa shape index (κ1) is 29.4. The molecule has 3 rings (SSSR count). The molecule has 1 aromatic heterocycles. The highest BCUT2D eigenvalue weighted by atomic mass is 16.6. The number of hydrogen-bond donors (Lipinski definition) is 1. The van der Waals surface area contributed by atoms with Crippen LogP contribution in [0.2, 0.25) is 0 Å². The number of aromatic nitrogens is 1. The zero-order valence-electron chi connectivity index (χ0n) is 23.4. The maximum atomic E-state index is 13.8. The first-order valence-electron chi connectivity index (χ1n) is 13.8. The number of nitrogens with zero attached hydrogens (tertiary/aromatic N) is 1. The van der Waals surface area contributed by atoms with E-state index in [0.29, 0.717) is 37.3 Å². The highest BCUT2D eigenvalue weighted by Crippen LogP contribution is 2.45. The van der Waals surface area contributed by atoms with Gasteiger partial charge in [-0.2, -0.15) is 0 Å². The van der Waals surface area contributed by atoms with Crippen LogP contribution < -0.4 is 5.32 Å². The highest BCUT2D eigenvalue weighted by molar-refractivity contribution is 5.89. The number of hydrogen-bond acceptors (Lipinski definition) is 7. The van der Waals surface area contributed by atoms with Crippen molar-refractivity contribution >= 4 is 17.8 Å². The highest BCUT2D eigenvalue weighted by Gasteiger charge is 2.45. The molecule has 1 fully saturated rings. The lowest BCUT2D eigenvalue weighted by molar-refractivity contribution is -0.162. The van der Waals surface area contributed by atoms with Crippen molar-refractivity contribution in [2.75, 3.05) is 6.61 Å². The molecule has 0 radical (unpaired) electrons. The van der Waals surface area contributed by atoms with Crippen LogP contribution in [0.1, 0.15) is 85.5 Å². The molecule has 1 aromatic carbocycles. The molecule has 2 aromatic rings. The molecule has 0 spiro atoms. The van der Waals surface area contributed by atoms with Gasteiger partial charge >= 0.3 is 11.9 Å². The molecule has 1 unspecified atom stereocenters. The Morgan fingerprint density at radius 1 is 1.08 bits per heavy atom. The number of nitrogens with one attached hydrogen (secondary N) is 1. The minimum Gasteiger partial charge on any atom is -0.464 e. The van der Waals surface area contributed by atoms with Gasteiger partial charge in [0.1, 0.15) is 11.6 Å². The Bertz CT molecular complexity index is 1070. The number of carbonyl (C=O) groups excluding carboxylic acids is 3. The van der Waals surface area contributed by atoms with Crippen LogP contribution in [-0.4, -0.2) is 41.1 Å². The van der Waals surface area contributed by atoms with Crippen molar-refractivity contribution in [3.05, 3.63) is 42.4 Å². The van der Waals surface area contributed by atoms with E-state index in [-0.39, 0.29) is 30.8 Å². The third-order valence-corrected chi connectivity index (χ3v) is 6.92. The molecule has 1 N–H and O–H groups in total. The molecule has 1 saturated carbocycles. The molecule has 1 aliphatic carbocycles. The molecular formula is C30H42N2O6. The Kier molecular flexibility index (Phi) is 10.1. The molecule has 208 valence electrons. The van der Waals surface area contributed by atoms with Gasteiger partial charge in [0.05, 0.1) is 30.6 Å². The molecule has 38 heavy (non-hydrogen) atoms. The fourth-order valence-corrected chi connectivity index (χ4v) is 5.15. The van der Waals surface area contributed by atoms with E-state index < -0.39 is 23.0 Å². The van der Waals surface area contributed by atoms with Crippen molar-refractivity contribution in [1.29, 1.82) is 0 Å². The van der Waals surface area contributed by atoms with Crippen LogP contribution in [0.3, 0.4) is 0 Å². The van der Waals surface area contributed by atoms with Crippen molar-refractivity contribution in [3.63, 3.8) is 0 Å². The van der Waals surface area contributed by atoms with Crippen molar-refractivity contribution in [1.82, 2.24) is 10.3 Å². The van der Waals surface area contributed by atoms with E-state index in [9.17, 15) is 14.4 Å². The molecule has 2 atom stereocenters. The number of rotatable bonds is 12. The van der Waals surface area contributed by atoms with Gasteiger partial charge in [-0.25, -0.2) is 9.78 Å². The third kappa shape index (κ3) is 7.92. The predicted octanol–water partition coefficient (Wildman–Crippen LogP) is 5.64. The zero-order valence-corrected chi connectivity index (χ0v) is 23.4. The predicted molar refractivity (Wildman–Crippen MR) is 144 cm³/mol. The molecule has 0 saturated heterocycles. The molecule has 8 nitrogen and oxygen atoms in total. The van der Waals surface area contributed by atoms with E-state index in [1.807, 2.05) is 58.0 Å². The summed E-state index contributed by atoms with van der Waals surface area (Å²) in [6, 6.07) is 8.60. The van der Waals surface area contributed by atoms with E-state index in [4.69, 9.17) is 13.9 Å². The largest absolute Gasteiger partial charge is 0.464 e. The lowest BCUT2D eigenvalue weighted by Crippen LogP contribution is -2.50. The van der Waals surface area contributed by atoms with E-state index in [1.165, 1.54) is 0 Å². The maximum Gasteiger partial charge on any atom is 0.329 e. The standard InChI is InChI=1S/C30H42N2O6/c1-6-13-22(26(33)38-29(3,4)5)19-30(16-11-12-17-30)28(35)32-23(27(34)36-7-2)18-25-31-20-24(37-25)21-14-9-8-10-15-21/h8-10,14-15,20,22-23H,6-7,11-13,16-19H2,1-5H3,(H,32,35)/t22-,23?/m1/s1. The van der Waals surface area contributed by atoms with Crippen LogP contribution in [0.25, 0.3) is 11.3 Å². The van der Waals surface area contributed by atoms with Gasteiger partial charge in [-0.05, 0) is 53.4 Å². The summed E-state index contributed by atoms with van der Waals surface area (Å²) in [5, 5.41) is 2.95. The van der Waals surface area contributed by atoms with E-state index >= 15 is 0 Å². The molecular weight excluding hydrogens is 484 g/mol. The van der Waals surface area contributed by atoms with Crippen molar-refractivity contribution in [2.45, 2.75) is 97.6 Å². The summed E-state index contributed by atoms with van der Waals surface area (Å²) >= 11 is 0. The molecule has 1 amide bonds. The Morgan fingerprint density at radius 2 is 1.76 bits per heavy atom. The van der Waals surface area contributed by atoms with E-state index in [2.05, 4.69) is 10.3 Å². The molecule has 1 heterocycles. The minimum atomic E-state index is -0.951. The number of esters is 2. The van der Waals surface area contributed by atoms with Gasteiger partial charge < -0.3 is 19.2 Å². The fourth-order valence-electron chi connectivity index (χ4n) is 5.15. The summed E-state index contributed by atoms with van der Waals surface area (Å²) < 4.78 is 16.9. The quantitative estimate of drug-likeness (QED) is 0.357. The van der Waals surface area contributed by atoms with Crippen LogP contribution in [0.15, 0.2) is 40.9 Å². The Balaban J connectivity index is 1.79.